The molecule has 5 N–H and O–H groups in total. The van der Waals surface area contributed by atoms with Crippen LogP contribution in [0.25, 0.3) is 11.5 Å². The van der Waals surface area contributed by atoms with Crippen molar-refractivity contribution in [3.63, 3.8) is 0 Å². The molecule has 3 rings (SSSR count). The van der Waals surface area contributed by atoms with Crippen LogP contribution in [0.3, 0.4) is 0 Å². The molecule has 0 spiro atoms. The van der Waals surface area contributed by atoms with Crippen molar-refractivity contribution < 1.29 is 19.4 Å². The second-order valence-electron chi connectivity index (χ2n) is 4.46. The number of nitrogens with zero attached hydrogens (tertiary/aromatic N) is 1. The number of phenols is 2. The molecule has 0 atom stereocenters. The van der Waals surface area contributed by atoms with Crippen LogP contribution in [0.15, 0.2) is 47.1 Å². The minimum Gasteiger partial charge on any atom is -0.508 e. The van der Waals surface area contributed by atoms with Crippen molar-refractivity contribution in [1.29, 1.82) is 0 Å². The van der Waals surface area contributed by atoms with E-state index in [0.717, 1.165) is 6.07 Å². The second kappa shape index (κ2) is 5.52. The van der Waals surface area contributed by atoms with Gasteiger partial charge in [-0.25, -0.2) is 4.79 Å². The van der Waals surface area contributed by atoms with Crippen molar-refractivity contribution in [2.24, 2.45) is 0 Å². The van der Waals surface area contributed by atoms with E-state index in [-0.39, 0.29) is 17.2 Å². The number of phenolic OH excluding ortho intramolecular Hbond substituents is 2. The highest BCUT2D eigenvalue weighted by Crippen LogP contribution is 2.24. The van der Waals surface area contributed by atoms with Crippen LogP contribution in [0.5, 0.6) is 11.5 Å². The lowest BCUT2D eigenvalue weighted by molar-refractivity contribution is 0.262. The van der Waals surface area contributed by atoms with Crippen molar-refractivity contribution >= 4 is 17.5 Å². The third-order valence-electron chi connectivity index (χ3n) is 2.77. The van der Waals surface area contributed by atoms with Gasteiger partial charge in [-0.05, 0) is 12.1 Å². The van der Waals surface area contributed by atoms with Crippen LogP contribution in [0.2, 0.25) is 0 Å². The van der Waals surface area contributed by atoms with E-state index in [0.29, 0.717) is 17.3 Å². The van der Waals surface area contributed by atoms with Gasteiger partial charge in [0.1, 0.15) is 17.2 Å². The van der Waals surface area contributed by atoms with Crippen LogP contribution in [0, 0.1) is 0 Å². The Morgan fingerprint density at radius 3 is 2.59 bits per heavy atom. The molecule has 2 heterocycles. The van der Waals surface area contributed by atoms with Crippen LogP contribution >= 0.6 is 0 Å². The number of aromatic nitrogens is 2. The summed E-state index contributed by atoms with van der Waals surface area (Å²) in [6.07, 6.45) is 1.53. The maximum atomic E-state index is 11.8. The molecule has 0 aliphatic heterocycles. The molecule has 8 nitrogen and oxygen atoms in total. The first kappa shape index (κ1) is 13.6. The minimum absolute atomic E-state index is 0.157. The Hall–Kier alpha value is -3.42. The Balaban J connectivity index is 1.67. The van der Waals surface area contributed by atoms with Gasteiger partial charge in [0, 0.05) is 30.0 Å². The number of benzene rings is 1. The number of nitrogens with one attached hydrogen (secondary N) is 3. The highest BCUT2D eigenvalue weighted by Gasteiger charge is 2.09. The fourth-order valence-corrected chi connectivity index (χ4v) is 1.89. The van der Waals surface area contributed by atoms with E-state index >= 15 is 0 Å². The molecule has 1 aromatic carbocycles. The van der Waals surface area contributed by atoms with Crippen LogP contribution in [0.1, 0.15) is 0 Å². The number of furan rings is 1. The molecule has 0 fully saturated rings. The van der Waals surface area contributed by atoms with Gasteiger partial charge in [-0.15, -0.1) is 0 Å². The van der Waals surface area contributed by atoms with Crippen molar-refractivity contribution in [1.82, 2.24) is 10.2 Å². The van der Waals surface area contributed by atoms with Gasteiger partial charge in [0.05, 0.1) is 6.26 Å². The Morgan fingerprint density at radius 1 is 1.14 bits per heavy atom. The van der Waals surface area contributed by atoms with Crippen molar-refractivity contribution in [3.05, 3.63) is 42.7 Å². The molecule has 0 bridgehead atoms. The Labute approximate surface area is 124 Å². The lowest BCUT2D eigenvalue weighted by atomic mass is 10.3. The van der Waals surface area contributed by atoms with Gasteiger partial charge >= 0.3 is 6.03 Å². The van der Waals surface area contributed by atoms with Crippen molar-refractivity contribution in [3.8, 4) is 23.0 Å². The Kier molecular flexibility index (Phi) is 3.40. The van der Waals surface area contributed by atoms with Crippen molar-refractivity contribution in [2.75, 3.05) is 10.6 Å². The SMILES string of the molecule is O=C(Nc1cc(O)cc(O)c1)Nc1cc(-c2ccco2)[nH]n1. The highest BCUT2D eigenvalue weighted by molar-refractivity contribution is 5.99. The quantitative estimate of drug-likeness (QED) is 0.509. The predicted octanol–water partition coefficient (Wildman–Crippen LogP) is 2.72. The van der Waals surface area contributed by atoms with Crippen LogP contribution in [-0.4, -0.2) is 26.4 Å². The topological polar surface area (TPSA) is 123 Å². The summed E-state index contributed by atoms with van der Waals surface area (Å²) in [5.74, 6) is 0.581. The number of aromatic hydroxyl groups is 2. The average Bonchev–Trinajstić information content (AvgIpc) is 3.07. The Morgan fingerprint density at radius 2 is 1.91 bits per heavy atom. The summed E-state index contributed by atoms with van der Waals surface area (Å²) in [7, 11) is 0. The molecule has 2 aromatic heterocycles. The van der Waals surface area contributed by atoms with E-state index in [1.54, 1.807) is 18.2 Å². The number of aromatic amines is 1. The fraction of sp³-hybridized carbons (Fsp3) is 0. The average molecular weight is 300 g/mol. The zero-order chi connectivity index (χ0) is 15.5. The number of anilines is 2. The number of rotatable bonds is 3. The molecule has 112 valence electrons. The van der Waals surface area contributed by atoms with Crippen LogP contribution in [-0.2, 0) is 0 Å². The third-order valence-corrected chi connectivity index (χ3v) is 2.77. The molecule has 0 radical (unpaired) electrons. The standard InChI is InChI=1S/C14H12N4O4/c19-9-4-8(5-10(20)6-9)15-14(21)16-13-7-11(17-18-13)12-2-1-3-22-12/h1-7,19-20H,(H3,15,16,17,18,21). The van der Waals surface area contributed by atoms with E-state index in [1.807, 2.05) is 0 Å². The third kappa shape index (κ3) is 3.01. The van der Waals surface area contributed by atoms with Gasteiger partial charge in [-0.2, -0.15) is 5.10 Å². The smallest absolute Gasteiger partial charge is 0.324 e. The van der Waals surface area contributed by atoms with Gasteiger partial charge in [0.2, 0.25) is 0 Å². The summed E-state index contributed by atoms with van der Waals surface area (Å²) in [4.78, 5) is 11.8. The first-order valence-corrected chi connectivity index (χ1v) is 6.30. The molecule has 2 amide bonds. The number of urea groups is 1. The van der Waals surface area contributed by atoms with Gasteiger partial charge in [0.15, 0.2) is 11.6 Å². The maximum Gasteiger partial charge on any atom is 0.324 e. The first-order chi connectivity index (χ1) is 10.6. The number of carbonyl (C=O) groups is 1. The maximum absolute atomic E-state index is 11.8. The lowest BCUT2D eigenvalue weighted by Gasteiger charge is -2.06. The van der Waals surface area contributed by atoms with Gasteiger partial charge < -0.3 is 19.9 Å². The summed E-state index contributed by atoms with van der Waals surface area (Å²) < 4.78 is 5.20. The molecule has 0 saturated heterocycles. The Bertz CT molecular complexity index is 775. The fourth-order valence-electron chi connectivity index (χ4n) is 1.89. The zero-order valence-electron chi connectivity index (χ0n) is 11.2. The molecule has 8 heteroatoms. The van der Waals surface area contributed by atoms with E-state index in [1.165, 1.54) is 18.4 Å². The number of carbonyl (C=O) groups excluding carboxylic acids is 1. The summed E-state index contributed by atoms with van der Waals surface area (Å²) in [6, 6.07) is 8.31. The number of hydrogen-bond donors (Lipinski definition) is 5. The predicted molar refractivity (Wildman–Crippen MR) is 78.7 cm³/mol. The largest absolute Gasteiger partial charge is 0.508 e. The summed E-state index contributed by atoms with van der Waals surface area (Å²) in [5, 5.41) is 30.3. The molecular weight excluding hydrogens is 288 g/mol. The van der Waals surface area contributed by atoms with E-state index in [9.17, 15) is 15.0 Å². The number of H-pyrrole nitrogens is 1. The lowest BCUT2D eigenvalue weighted by Crippen LogP contribution is -2.19. The molecular formula is C14H12N4O4. The molecule has 3 aromatic rings. The van der Waals surface area contributed by atoms with Gasteiger partial charge in [-0.1, -0.05) is 0 Å². The summed E-state index contributed by atoms with van der Waals surface area (Å²) in [5.41, 5.74) is 0.868. The summed E-state index contributed by atoms with van der Waals surface area (Å²) in [6.45, 7) is 0. The minimum atomic E-state index is -0.567. The highest BCUT2D eigenvalue weighted by atomic mass is 16.3. The normalized spacial score (nSPS) is 10.4. The second-order valence-corrected chi connectivity index (χ2v) is 4.46. The molecule has 22 heavy (non-hydrogen) atoms. The van der Waals surface area contributed by atoms with Gasteiger partial charge in [-0.3, -0.25) is 10.4 Å². The number of amides is 2. The molecule has 0 aliphatic rings. The molecule has 0 unspecified atom stereocenters. The van der Waals surface area contributed by atoms with Gasteiger partial charge in [0.25, 0.3) is 0 Å². The zero-order valence-corrected chi connectivity index (χ0v) is 11.2. The summed E-state index contributed by atoms with van der Waals surface area (Å²) >= 11 is 0. The van der Waals surface area contributed by atoms with Crippen LogP contribution in [0.4, 0.5) is 16.3 Å². The number of hydrogen-bond acceptors (Lipinski definition) is 5. The van der Waals surface area contributed by atoms with E-state index in [4.69, 9.17) is 4.42 Å². The monoisotopic (exact) mass is 300 g/mol. The van der Waals surface area contributed by atoms with Crippen LogP contribution < -0.4 is 10.6 Å². The molecule has 0 saturated carbocycles. The molecule has 0 aliphatic carbocycles. The van der Waals surface area contributed by atoms with Crippen molar-refractivity contribution in [2.45, 2.75) is 0 Å². The van der Waals surface area contributed by atoms with E-state index in [2.05, 4.69) is 20.8 Å². The first-order valence-electron chi connectivity index (χ1n) is 6.30. The van der Waals surface area contributed by atoms with E-state index < -0.39 is 6.03 Å².